The van der Waals surface area contributed by atoms with Gasteiger partial charge in [0.25, 0.3) is 11.5 Å². The molecule has 1 saturated carbocycles. The van der Waals surface area contributed by atoms with Gasteiger partial charge in [0.05, 0.1) is 11.7 Å². The zero-order chi connectivity index (χ0) is 22.2. The van der Waals surface area contributed by atoms with Gasteiger partial charge < -0.3 is 5.32 Å². The molecular weight excluding hydrogens is 404 g/mol. The van der Waals surface area contributed by atoms with Crippen LogP contribution < -0.4 is 10.9 Å². The fraction of sp³-hybridized carbons (Fsp3) is 0.333. The summed E-state index contributed by atoms with van der Waals surface area (Å²) in [5, 5.41) is 10.4. The summed E-state index contributed by atoms with van der Waals surface area (Å²) in [5.41, 5.74) is 3.09. The maximum atomic E-state index is 13.2. The number of anilines is 1. The summed E-state index contributed by atoms with van der Waals surface area (Å²) in [7, 11) is 0. The van der Waals surface area contributed by atoms with Gasteiger partial charge in [0.2, 0.25) is 0 Å². The molecule has 0 radical (unpaired) electrons. The molecule has 0 bridgehead atoms. The van der Waals surface area contributed by atoms with Gasteiger partial charge in [-0.05, 0) is 32.3 Å². The first-order valence-corrected chi connectivity index (χ1v) is 11.1. The van der Waals surface area contributed by atoms with Crippen LogP contribution in [0.15, 0.2) is 47.4 Å². The number of aryl methyl sites for hydroxylation is 2. The van der Waals surface area contributed by atoms with Gasteiger partial charge in [0.15, 0.2) is 11.5 Å². The number of aromatic nitrogens is 5. The highest BCUT2D eigenvalue weighted by Crippen LogP contribution is 2.28. The van der Waals surface area contributed by atoms with E-state index in [1.54, 1.807) is 13.0 Å². The van der Waals surface area contributed by atoms with Crippen LogP contribution in [0.2, 0.25) is 0 Å². The van der Waals surface area contributed by atoms with Crippen molar-refractivity contribution in [2.24, 2.45) is 0 Å². The second kappa shape index (κ2) is 8.11. The number of rotatable bonds is 4. The summed E-state index contributed by atoms with van der Waals surface area (Å²) in [4.78, 5) is 30.9. The van der Waals surface area contributed by atoms with E-state index in [0.717, 1.165) is 29.7 Å². The minimum Gasteiger partial charge on any atom is -0.305 e. The fourth-order valence-corrected chi connectivity index (χ4v) is 4.63. The molecule has 3 aromatic heterocycles. The lowest BCUT2D eigenvalue weighted by molar-refractivity contribution is 0.102. The van der Waals surface area contributed by atoms with Crippen molar-refractivity contribution in [3.63, 3.8) is 0 Å². The molecule has 0 atom stereocenters. The Kier molecular flexibility index (Phi) is 5.13. The summed E-state index contributed by atoms with van der Waals surface area (Å²) in [6, 6.07) is 11.9. The van der Waals surface area contributed by atoms with Crippen molar-refractivity contribution in [3.8, 4) is 11.1 Å². The monoisotopic (exact) mass is 430 g/mol. The lowest BCUT2D eigenvalue weighted by Gasteiger charge is -2.21. The van der Waals surface area contributed by atoms with Gasteiger partial charge in [-0.15, -0.1) is 0 Å². The fourth-order valence-electron chi connectivity index (χ4n) is 4.63. The molecule has 1 aliphatic rings. The van der Waals surface area contributed by atoms with Gasteiger partial charge >= 0.3 is 0 Å². The molecule has 8 heteroatoms. The van der Waals surface area contributed by atoms with Crippen molar-refractivity contribution in [1.82, 2.24) is 24.4 Å². The van der Waals surface area contributed by atoms with E-state index in [0.29, 0.717) is 23.2 Å². The van der Waals surface area contributed by atoms with E-state index in [-0.39, 0.29) is 5.56 Å². The molecule has 1 aromatic carbocycles. The largest absolute Gasteiger partial charge is 0.305 e. The first-order chi connectivity index (χ1) is 15.5. The molecule has 1 aliphatic carbocycles. The van der Waals surface area contributed by atoms with Crippen molar-refractivity contribution >= 4 is 17.4 Å². The highest BCUT2D eigenvalue weighted by molar-refractivity contribution is 6.04. The van der Waals surface area contributed by atoms with Crippen molar-refractivity contribution in [2.75, 3.05) is 5.32 Å². The molecule has 32 heavy (non-hydrogen) atoms. The molecule has 0 unspecified atom stereocenters. The minimum absolute atomic E-state index is 0.00979. The maximum Gasteiger partial charge on any atom is 0.285 e. The summed E-state index contributed by atoms with van der Waals surface area (Å²) >= 11 is 0. The average molecular weight is 431 g/mol. The molecule has 164 valence electrons. The summed E-state index contributed by atoms with van der Waals surface area (Å²) < 4.78 is 3.27. The lowest BCUT2D eigenvalue weighted by Crippen LogP contribution is -2.29. The number of amides is 1. The maximum absolute atomic E-state index is 13.2. The molecule has 1 fully saturated rings. The predicted octanol–water partition coefficient (Wildman–Crippen LogP) is 4.26. The highest BCUT2D eigenvalue weighted by atomic mass is 16.2. The van der Waals surface area contributed by atoms with E-state index in [9.17, 15) is 9.59 Å². The first-order valence-electron chi connectivity index (χ1n) is 11.1. The number of benzene rings is 1. The number of aromatic amines is 1. The SMILES string of the molecule is Cc1nc2c(-c3ccccc3)c(C)[nH]n2c(=O)c1C(=O)Nc1ccn(C2CCCCC2)n1. The number of H-pyrrole nitrogens is 1. The predicted molar refractivity (Wildman–Crippen MR) is 123 cm³/mol. The molecule has 5 rings (SSSR count). The molecule has 8 nitrogen and oxygen atoms in total. The smallest absolute Gasteiger partial charge is 0.285 e. The Hall–Kier alpha value is -3.68. The third-order valence-electron chi connectivity index (χ3n) is 6.23. The second-order valence-electron chi connectivity index (χ2n) is 8.44. The van der Waals surface area contributed by atoms with Crippen molar-refractivity contribution in [3.05, 3.63) is 69.9 Å². The number of hydrogen-bond acceptors (Lipinski definition) is 4. The minimum atomic E-state index is -0.503. The zero-order valence-electron chi connectivity index (χ0n) is 18.3. The Bertz CT molecular complexity index is 1340. The van der Waals surface area contributed by atoms with Crippen LogP contribution in [0.4, 0.5) is 5.82 Å². The lowest BCUT2D eigenvalue weighted by atomic mass is 9.96. The highest BCUT2D eigenvalue weighted by Gasteiger charge is 2.23. The van der Waals surface area contributed by atoms with Crippen molar-refractivity contribution < 1.29 is 4.79 Å². The van der Waals surface area contributed by atoms with Crippen molar-refractivity contribution in [1.29, 1.82) is 0 Å². The zero-order valence-corrected chi connectivity index (χ0v) is 18.3. The molecular formula is C24H26N6O2. The van der Waals surface area contributed by atoms with Crippen molar-refractivity contribution in [2.45, 2.75) is 52.0 Å². The summed E-state index contributed by atoms with van der Waals surface area (Å²) in [6.45, 7) is 3.58. The van der Waals surface area contributed by atoms with Gasteiger partial charge in [-0.25, -0.2) is 9.50 Å². The first kappa shape index (κ1) is 20.2. The Labute approximate surface area is 185 Å². The number of carbonyl (C=O) groups is 1. The summed E-state index contributed by atoms with van der Waals surface area (Å²) in [5.74, 6) is -0.0612. The number of carbonyl (C=O) groups excluding carboxylic acids is 1. The second-order valence-corrected chi connectivity index (χ2v) is 8.44. The number of hydrogen-bond donors (Lipinski definition) is 2. The van der Waals surface area contributed by atoms with E-state index >= 15 is 0 Å². The van der Waals surface area contributed by atoms with Crippen LogP contribution in [-0.2, 0) is 0 Å². The topological polar surface area (TPSA) is 97.1 Å². The quantitative estimate of drug-likeness (QED) is 0.505. The number of nitrogens with zero attached hydrogens (tertiary/aromatic N) is 4. The molecule has 0 aliphatic heterocycles. The van der Waals surface area contributed by atoms with Crippen LogP contribution in [0.5, 0.6) is 0 Å². The average Bonchev–Trinajstić information content (AvgIpc) is 3.39. The molecule has 1 amide bonds. The van der Waals surface area contributed by atoms with Crippen LogP contribution in [0.3, 0.4) is 0 Å². The molecule has 0 spiro atoms. The molecule has 2 N–H and O–H groups in total. The molecule has 4 aromatic rings. The van der Waals surface area contributed by atoms with E-state index < -0.39 is 11.5 Å². The van der Waals surface area contributed by atoms with Crippen LogP contribution in [0, 0.1) is 13.8 Å². The Morgan fingerprint density at radius 2 is 1.84 bits per heavy atom. The van der Waals surface area contributed by atoms with E-state index in [4.69, 9.17) is 0 Å². The van der Waals surface area contributed by atoms with Gasteiger partial charge in [-0.3, -0.25) is 19.4 Å². The summed E-state index contributed by atoms with van der Waals surface area (Å²) in [6.07, 6.45) is 7.78. The van der Waals surface area contributed by atoms with E-state index in [1.165, 1.54) is 23.8 Å². The van der Waals surface area contributed by atoms with Gasteiger partial charge in [0, 0.05) is 23.5 Å². The van der Waals surface area contributed by atoms with E-state index in [1.807, 2.05) is 48.1 Å². The molecule has 3 heterocycles. The Balaban J connectivity index is 1.47. The Morgan fingerprint density at radius 1 is 1.09 bits per heavy atom. The standard InChI is InChI=1S/C24H26N6O2/c1-15-21(23(31)26-19-13-14-29(28-19)18-11-7-4-8-12-18)24(32)30-22(25-15)20(16(2)27-30)17-9-5-3-6-10-17/h3,5-6,9-10,13-14,18,27H,4,7-8,11-12H2,1-2H3,(H,26,28,31). The van der Waals surface area contributed by atoms with Crippen LogP contribution in [-0.4, -0.2) is 30.3 Å². The van der Waals surface area contributed by atoms with Gasteiger partial charge in [-0.1, -0.05) is 49.6 Å². The van der Waals surface area contributed by atoms with Crippen LogP contribution in [0.25, 0.3) is 16.8 Å². The van der Waals surface area contributed by atoms with Crippen LogP contribution in [0.1, 0.15) is 59.9 Å². The van der Waals surface area contributed by atoms with E-state index in [2.05, 4.69) is 20.5 Å². The number of fused-ring (bicyclic) bond motifs is 1. The van der Waals surface area contributed by atoms with Crippen LogP contribution >= 0.6 is 0 Å². The molecule has 0 saturated heterocycles. The van der Waals surface area contributed by atoms with Gasteiger partial charge in [-0.2, -0.15) is 5.10 Å². The normalized spacial score (nSPS) is 14.7. The Morgan fingerprint density at radius 3 is 2.59 bits per heavy atom. The number of nitrogens with one attached hydrogen (secondary N) is 2. The third-order valence-corrected chi connectivity index (χ3v) is 6.23. The van der Waals surface area contributed by atoms with Gasteiger partial charge in [0.1, 0.15) is 5.56 Å². The third kappa shape index (κ3) is 3.51.